The van der Waals surface area contributed by atoms with Crippen LogP contribution in [0.2, 0.25) is 0 Å². The van der Waals surface area contributed by atoms with E-state index in [1.54, 1.807) is 41.7 Å². The number of benzene rings is 2. The standard InChI is InChI=1S/C52H60FN11O5/c1-32-26-36(27-40(53)48(32)35-13-19-60(20-14-35)33(2)44-30-39-41(10-16-55-49(39)57(44)4)63-21-15-37(54-3)28-47(63)66)51(68)62-17-11-34(12-18-62)31-59-22-24-61(25-23-59)38-6-7-42-45(29-38)58(5)52(69)64(42)43-8-9-46(65)56-50(43)67/h6-7,10,13,15-16,21,26-30,33-34,43,54H,8-9,11-12,14,17-20,22-25,31H2,1-5H3,(H,56,65,67)/t33-,43+/m0/s1. The van der Waals surface area contributed by atoms with Gasteiger partial charge in [-0.25, -0.2) is 14.2 Å². The summed E-state index contributed by atoms with van der Waals surface area (Å²) < 4.78 is 22.9. The van der Waals surface area contributed by atoms with Crippen LogP contribution >= 0.6 is 0 Å². The van der Waals surface area contributed by atoms with E-state index in [0.717, 1.165) is 103 Å². The summed E-state index contributed by atoms with van der Waals surface area (Å²) in [6.45, 7) is 11.1. The predicted molar refractivity (Wildman–Crippen MR) is 265 cm³/mol. The molecule has 17 heteroatoms. The molecule has 2 atom stereocenters. The Morgan fingerprint density at radius 1 is 0.884 bits per heavy atom. The van der Waals surface area contributed by atoms with Crippen LogP contribution in [0.15, 0.2) is 82.7 Å². The quantitative estimate of drug-likeness (QED) is 0.172. The number of piperidine rings is 2. The number of carbonyl (C=O) groups is 3. The van der Waals surface area contributed by atoms with Gasteiger partial charge in [-0.3, -0.25) is 48.0 Å². The van der Waals surface area contributed by atoms with E-state index in [-0.39, 0.29) is 41.3 Å². The van der Waals surface area contributed by atoms with Crippen molar-refractivity contribution in [3.8, 4) is 5.69 Å². The number of amides is 3. The Balaban J connectivity index is 0.726. The molecule has 69 heavy (non-hydrogen) atoms. The summed E-state index contributed by atoms with van der Waals surface area (Å²) in [6, 6.07) is 16.0. The van der Waals surface area contributed by atoms with Crippen LogP contribution in [-0.2, 0) is 23.7 Å². The number of piperazine rings is 1. The average Bonchev–Trinajstić information content (AvgIpc) is 3.82. The lowest BCUT2D eigenvalue weighted by molar-refractivity contribution is -0.135. The average molecular weight is 938 g/mol. The molecule has 0 bridgehead atoms. The molecule has 0 unspecified atom stereocenters. The van der Waals surface area contributed by atoms with E-state index < -0.39 is 11.9 Å². The number of aromatic nitrogens is 5. The third-order valence-electron chi connectivity index (χ3n) is 15.2. The van der Waals surface area contributed by atoms with E-state index in [4.69, 9.17) is 0 Å². The zero-order valence-electron chi connectivity index (χ0n) is 40.0. The number of likely N-dealkylation sites (tertiary alicyclic amines) is 1. The van der Waals surface area contributed by atoms with E-state index >= 15 is 4.39 Å². The third-order valence-corrected chi connectivity index (χ3v) is 15.2. The molecule has 0 aliphatic carbocycles. The highest BCUT2D eigenvalue weighted by Gasteiger charge is 2.33. The van der Waals surface area contributed by atoms with Crippen molar-refractivity contribution in [2.24, 2.45) is 20.0 Å². The highest BCUT2D eigenvalue weighted by molar-refractivity contribution is 6.00. The second kappa shape index (κ2) is 18.6. The molecule has 4 aliphatic rings. The number of imidazole rings is 1. The Kier molecular flexibility index (Phi) is 12.4. The summed E-state index contributed by atoms with van der Waals surface area (Å²) >= 11 is 0. The Labute approximate surface area is 399 Å². The number of imide groups is 1. The largest absolute Gasteiger partial charge is 0.388 e. The fourth-order valence-corrected chi connectivity index (χ4v) is 11.2. The third kappa shape index (κ3) is 8.55. The molecule has 0 radical (unpaired) electrons. The van der Waals surface area contributed by atoms with Gasteiger partial charge in [-0.1, -0.05) is 6.08 Å². The molecule has 3 saturated heterocycles. The van der Waals surface area contributed by atoms with Crippen LogP contribution in [-0.4, -0.2) is 122 Å². The van der Waals surface area contributed by atoms with Crippen LogP contribution in [0.25, 0.3) is 33.3 Å². The molecule has 16 nitrogen and oxygen atoms in total. The van der Waals surface area contributed by atoms with Crippen LogP contribution in [0.4, 0.5) is 15.8 Å². The van der Waals surface area contributed by atoms with Crippen molar-refractivity contribution in [1.29, 1.82) is 0 Å². The first-order valence-corrected chi connectivity index (χ1v) is 24.2. The first kappa shape index (κ1) is 45.9. The Bertz CT molecular complexity index is 3140. The van der Waals surface area contributed by atoms with Gasteiger partial charge in [0, 0.05) is 145 Å². The molecule has 360 valence electrons. The number of nitrogens with zero attached hydrogens (tertiary/aromatic N) is 9. The smallest absolute Gasteiger partial charge is 0.329 e. The van der Waals surface area contributed by atoms with Gasteiger partial charge in [-0.05, 0) is 105 Å². The summed E-state index contributed by atoms with van der Waals surface area (Å²) in [6.07, 6.45) is 8.58. The molecule has 0 saturated carbocycles. The van der Waals surface area contributed by atoms with E-state index in [1.165, 1.54) is 10.6 Å². The van der Waals surface area contributed by atoms with Crippen LogP contribution in [0.5, 0.6) is 0 Å². The molecule has 0 spiro atoms. The summed E-state index contributed by atoms with van der Waals surface area (Å²) in [5.41, 5.74) is 8.13. The van der Waals surface area contributed by atoms with Gasteiger partial charge >= 0.3 is 5.69 Å². The molecular formula is C52H60FN11O5. The molecule has 3 amide bonds. The fraction of sp³-hybridized carbons (Fsp3) is 0.423. The van der Waals surface area contributed by atoms with Crippen LogP contribution in [0.1, 0.15) is 78.3 Å². The van der Waals surface area contributed by atoms with Gasteiger partial charge in [-0.15, -0.1) is 0 Å². The van der Waals surface area contributed by atoms with Gasteiger partial charge in [0.1, 0.15) is 17.5 Å². The minimum Gasteiger partial charge on any atom is -0.388 e. The van der Waals surface area contributed by atoms with Crippen molar-refractivity contribution < 1.29 is 18.8 Å². The fourth-order valence-electron chi connectivity index (χ4n) is 11.2. The number of halogens is 1. The van der Waals surface area contributed by atoms with Crippen molar-refractivity contribution in [2.75, 3.05) is 76.2 Å². The minimum atomic E-state index is -0.714. The summed E-state index contributed by atoms with van der Waals surface area (Å²) in [5, 5.41) is 6.28. The van der Waals surface area contributed by atoms with Crippen molar-refractivity contribution in [3.63, 3.8) is 0 Å². The van der Waals surface area contributed by atoms with Crippen LogP contribution in [0, 0.1) is 18.7 Å². The molecule has 4 aliphatic heterocycles. The lowest BCUT2D eigenvalue weighted by Gasteiger charge is -2.39. The molecular weight excluding hydrogens is 878 g/mol. The Morgan fingerprint density at radius 2 is 1.67 bits per heavy atom. The number of nitrogens with one attached hydrogen (secondary N) is 2. The molecule has 6 aromatic rings. The van der Waals surface area contributed by atoms with Gasteiger partial charge in [-0.2, -0.15) is 0 Å². The monoisotopic (exact) mass is 937 g/mol. The Hall–Kier alpha value is -6.85. The number of anilines is 2. The number of hydrogen-bond donors (Lipinski definition) is 2. The lowest BCUT2D eigenvalue weighted by Crippen LogP contribution is -2.49. The molecule has 10 rings (SSSR count). The predicted octanol–water partition coefficient (Wildman–Crippen LogP) is 5.37. The van der Waals surface area contributed by atoms with Crippen LogP contribution in [0.3, 0.4) is 0 Å². The first-order valence-electron chi connectivity index (χ1n) is 24.2. The van der Waals surface area contributed by atoms with Crippen molar-refractivity contribution in [3.05, 3.63) is 122 Å². The maximum absolute atomic E-state index is 16.1. The topological polar surface area (TPSA) is 155 Å². The second-order valence-corrected chi connectivity index (χ2v) is 19.2. The normalized spacial score (nSPS) is 19.3. The molecule has 2 N–H and O–H groups in total. The highest BCUT2D eigenvalue weighted by atomic mass is 19.1. The van der Waals surface area contributed by atoms with E-state index in [0.29, 0.717) is 55.0 Å². The van der Waals surface area contributed by atoms with Crippen LogP contribution < -0.4 is 26.8 Å². The Morgan fingerprint density at radius 3 is 2.36 bits per heavy atom. The minimum absolute atomic E-state index is 0.0291. The summed E-state index contributed by atoms with van der Waals surface area (Å²) in [7, 11) is 5.51. The first-order chi connectivity index (χ1) is 33.3. The summed E-state index contributed by atoms with van der Waals surface area (Å²) in [4.78, 5) is 78.2. The highest BCUT2D eigenvalue weighted by Crippen LogP contribution is 2.35. The second-order valence-electron chi connectivity index (χ2n) is 19.2. The number of fused-ring (bicyclic) bond motifs is 2. The molecule has 3 fully saturated rings. The van der Waals surface area contributed by atoms with Gasteiger partial charge in [0.15, 0.2) is 0 Å². The number of rotatable bonds is 10. The van der Waals surface area contributed by atoms with Gasteiger partial charge < -0.3 is 19.7 Å². The van der Waals surface area contributed by atoms with Gasteiger partial charge in [0.05, 0.1) is 16.7 Å². The summed E-state index contributed by atoms with van der Waals surface area (Å²) in [5.74, 6) is -0.776. The van der Waals surface area contributed by atoms with Crippen molar-refractivity contribution in [1.82, 2.24) is 43.3 Å². The van der Waals surface area contributed by atoms with Gasteiger partial charge in [0.25, 0.3) is 11.5 Å². The van der Waals surface area contributed by atoms with E-state index in [9.17, 15) is 24.0 Å². The van der Waals surface area contributed by atoms with E-state index in [1.807, 2.05) is 55.3 Å². The molecule has 4 aromatic heterocycles. The maximum atomic E-state index is 16.1. The molecule has 8 heterocycles. The zero-order valence-corrected chi connectivity index (χ0v) is 40.0. The lowest BCUT2D eigenvalue weighted by atomic mass is 9.92. The van der Waals surface area contributed by atoms with Crippen molar-refractivity contribution >= 4 is 56.7 Å². The SMILES string of the molecule is CNc1ccn(-c2ccnc3c2cc([C@H](C)N2CC=C(c4c(C)cc(C(=O)N5CCC(CN6CCN(c7ccc8c(c7)n(C)c(=O)n8[C@@H]7CCC(=O)NC7=O)CC6)CC5)cc4F)CC2)n3C)c(=O)c1. The maximum Gasteiger partial charge on any atom is 0.329 e. The number of hydrogen-bond acceptors (Lipinski definition) is 10. The van der Waals surface area contributed by atoms with Gasteiger partial charge in [0.2, 0.25) is 11.8 Å². The zero-order chi connectivity index (χ0) is 48.2. The van der Waals surface area contributed by atoms with Crippen molar-refractivity contribution in [2.45, 2.75) is 58.0 Å². The number of carbonyl (C=O) groups excluding carboxylic acids is 3. The van der Waals surface area contributed by atoms with E-state index in [2.05, 4.69) is 54.0 Å². The number of pyridine rings is 2. The number of aryl methyl sites for hydroxylation is 3. The molecule has 2 aromatic carbocycles.